The van der Waals surface area contributed by atoms with Gasteiger partial charge < -0.3 is 19.5 Å². The van der Waals surface area contributed by atoms with Crippen molar-refractivity contribution in [3.8, 4) is 17.2 Å². The summed E-state index contributed by atoms with van der Waals surface area (Å²) >= 11 is 1.71. The SMILES string of the molecule is CCOc1cc(/C=C2\CCNC2=O)cc(CSc2ccc(OC)cc2)c1OC. The fourth-order valence-corrected chi connectivity index (χ4v) is 3.94. The Labute approximate surface area is 170 Å². The van der Waals surface area contributed by atoms with Crippen molar-refractivity contribution in [1.82, 2.24) is 5.32 Å². The number of carbonyl (C=O) groups excluding carboxylic acids is 1. The van der Waals surface area contributed by atoms with Gasteiger partial charge in [0.15, 0.2) is 11.5 Å². The van der Waals surface area contributed by atoms with E-state index in [1.807, 2.05) is 43.3 Å². The van der Waals surface area contributed by atoms with E-state index in [0.29, 0.717) is 18.9 Å². The van der Waals surface area contributed by atoms with E-state index in [0.717, 1.165) is 45.3 Å². The second kappa shape index (κ2) is 9.55. The molecule has 0 bridgehead atoms. The van der Waals surface area contributed by atoms with E-state index < -0.39 is 0 Å². The zero-order valence-corrected chi connectivity index (χ0v) is 17.2. The van der Waals surface area contributed by atoms with E-state index in [2.05, 4.69) is 11.4 Å². The zero-order chi connectivity index (χ0) is 19.9. The molecule has 6 heteroatoms. The number of rotatable bonds is 8. The average Bonchev–Trinajstić information content (AvgIpc) is 3.11. The molecule has 1 N–H and O–H groups in total. The molecule has 2 aromatic rings. The molecule has 5 nitrogen and oxygen atoms in total. The van der Waals surface area contributed by atoms with Gasteiger partial charge in [0.25, 0.3) is 0 Å². The van der Waals surface area contributed by atoms with Gasteiger partial charge in [-0.05, 0) is 61.4 Å². The van der Waals surface area contributed by atoms with Crippen LogP contribution in [0, 0.1) is 0 Å². The van der Waals surface area contributed by atoms with E-state index in [1.54, 1.807) is 26.0 Å². The second-order valence-corrected chi connectivity index (χ2v) is 7.33. The number of carbonyl (C=O) groups is 1. The number of thioether (sulfide) groups is 1. The quantitative estimate of drug-likeness (QED) is 0.530. The number of methoxy groups -OCH3 is 2. The highest BCUT2D eigenvalue weighted by molar-refractivity contribution is 7.98. The van der Waals surface area contributed by atoms with Crippen molar-refractivity contribution >= 4 is 23.7 Å². The predicted molar refractivity (Wildman–Crippen MR) is 112 cm³/mol. The zero-order valence-electron chi connectivity index (χ0n) is 16.4. The van der Waals surface area contributed by atoms with Crippen LogP contribution in [0.5, 0.6) is 17.2 Å². The fourth-order valence-electron chi connectivity index (χ4n) is 3.08. The highest BCUT2D eigenvalue weighted by Gasteiger charge is 2.18. The van der Waals surface area contributed by atoms with Gasteiger partial charge in [0.05, 0.1) is 20.8 Å². The molecule has 0 aliphatic carbocycles. The number of nitrogens with one attached hydrogen (secondary N) is 1. The normalized spacial score (nSPS) is 14.8. The Bertz CT molecular complexity index is 862. The molecule has 2 aromatic carbocycles. The van der Waals surface area contributed by atoms with E-state index in [4.69, 9.17) is 14.2 Å². The molecule has 3 rings (SSSR count). The van der Waals surface area contributed by atoms with Crippen LogP contribution in [0.25, 0.3) is 6.08 Å². The molecular formula is C22H25NO4S. The lowest BCUT2D eigenvalue weighted by Crippen LogP contribution is -2.14. The Morgan fingerprint density at radius 3 is 2.54 bits per heavy atom. The molecule has 0 radical (unpaired) electrons. The first-order chi connectivity index (χ1) is 13.6. The molecule has 1 heterocycles. The molecular weight excluding hydrogens is 374 g/mol. The lowest BCUT2D eigenvalue weighted by molar-refractivity contribution is -0.116. The van der Waals surface area contributed by atoms with Gasteiger partial charge in [-0.2, -0.15) is 0 Å². The van der Waals surface area contributed by atoms with Gasteiger partial charge in [-0.25, -0.2) is 0 Å². The minimum atomic E-state index is 0.00272. The summed E-state index contributed by atoms with van der Waals surface area (Å²) in [4.78, 5) is 13.0. The highest BCUT2D eigenvalue weighted by atomic mass is 32.2. The van der Waals surface area contributed by atoms with Crippen LogP contribution in [0.2, 0.25) is 0 Å². The van der Waals surface area contributed by atoms with E-state index in [9.17, 15) is 4.79 Å². The maximum Gasteiger partial charge on any atom is 0.247 e. The molecule has 1 fully saturated rings. The van der Waals surface area contributed by atoms with E-state index in [-0.39, 0.29) is 5.91 Å². The molecule has 1 saturated heterocycles. The molecule has 0 saturated carbocycles. The largest absolute Gasteiger partial charge is 0.497 e. The van der Waals surface area contributed by atoms with Gasteiger partial charge >= 0.3 is 0 Å². The van der Waals surface area contributed by atoms with Crippen molar-refractivity contribution in [3.63, 3.8) is 0 Å². The van der Waals surface area contributed by atoms with Crippen molar-refractivity contribution < 1.29 is 19.0 Å². The van der Waals surface area contributed by atoms with Crippen molar-refractivity contribution in [2.45, 2.75) is 24.0 Å². The second-order valence-electron chi connectivity index (χ2n) is 6.28. The van der Waals surface area contributed by atoms with Gasteiger partial charge in [0.1, 0.15) is 5.75 Å². The van der Waals surface area contributed by atoms with Crippen LogP contribution in [-0.4, -0.2) is 33.3 Å². The molecule has 0 atom stereocenters. The maximum atomic E-state index is 11.9. The Morgan fingerprint density at radius 1 is 1.14 bits per heavy atom. The van der Waals surface area contributed by atoms with Crippen molar-refractivity contribution in [2.75, 3.05) is 27.4 Å². The predicted octanol–water partition coefficient (Wildman–Crippen LogP) is 4.30. The third kappa shape index (κ3) is 4.81. The van der Waals surface area contributed by atoms with Gasteiger partial charge in [-0.15, -0.1) is 11.8 Å². The Kier molecular flexibility index (Phi) is 6.87. The fraction of sp³-hybridized carbons (Fsp3) is 0.318. The summed E-state index contributed by atoms with van der Waals surface area (Å²) in [5.74, 6) is 3.00. The summed E-state index contributed by atoms with van der Waals surface area (Å²) in [6.45, 7) is 3.18. The topological polar surface area (TPSA) is 56.8 Å². The third-order valence-electron chi connectivity index (χ3n) is 4.42. The Hall–Kier alpha value is -2.60. The maximum absolute atomic E-state index is 11.9. The van der Waals surface area contributed by atoms with Crippen LogP contribution < -0.4 is 19.5 Å². The van der Waals surface area contributed by atoms with Gasteiger partial charge in [-0.1, -0.05) is 0 Å². The summed E-state index contributed by atoms with van der Waals surface area (Å²) in [6, 6.07) is 12.0. The molecule has 28 heavy (non-hydrogen) atoms. The number of benzene rings is 2. The van der Waals surface area contributed by atoms with Crippen molar-refractivity contribution in [3.05, 3.63) is 53.1 Å². The van der Waals surface area contributed by atoms with Crippen LogP contribution in [-0.2, 0) is 10.5 Å². The first-order valence-electron chi connectivity index (χ1n) is 9.24. The van der Waals surface area contributed by atoms with Crippen LogP contribution in [0.1, 0.15) is 24.5 Å². The monoisotopic (exact) mass is 399 g/mol. The lowest BCUT2D eigenvalue weighted by Gasteiger charge is -2.15. The molecule has 1 amide bonds. The van der Waals surface area contributed by atoms with Gasteiger partial charge in [0.2, 0.25) is 5.91 Å². The highest BCUT2D eigenvalue weighted by Crippen LogP contribution is 2.37. The number of ether oxygens (including phenoxy) is 3. The molecule has 148 valence electrons. The summed E-state index contributed by atoms with van der Waals surface area (Å²) in [7, 11) is 3.31. The number of hydrogen-bond donors (Lipinski definition) is 1. The summed E-state index contributed by atoms with van der Waals surface area (Å²) in [5.41, 5.74) is 2.77. The molecule has 1 aliphatic heterocycles. The van der Waals surface area contributed by atoms with Crippen LogP contribution in [0.4, 0.5) is 0 Å². The summed E-state index contributed by atoms with van der Waals surface area (Å²) in [6.07, 6.45) is 2.68. The standard InChI is InChI=1S/C22H25NO4S/c1-4-27-20-13-15(11-16-9-10-23-22(16)24)12-17(21(20)26-3)14-28-19-7-5-18(25-2)6-8-19/h5-8,11-13H,4,9-10,14H2,1-3H3,(H,23,24)/b16-11+. The van der Waals surface area contributed by atoms with E-state index >= 15 is 0 Å². The Morgan fingerprint density at radius 2 is 1.93 bits per heavy atom. The Balaban J connectivity index is 1.89. The van der Waals surface area contributed by atoms with E-state index in [1.165, 1.54) is 0 Å². The van der Waals surface area contributed by atoms with Crippen LogP contribution >= 0.6 is 11.8 Å². The molecule has 0 unspecified atom stereocenters. The van der Waals surface area contributed by atoms with Gasteiger partial charge in [0, 0.05) is 28.3 Å². The molecule has 0 aromatic heterocycles. The first kappa shape index (κ1) is 20.1. The summed E-state index contributed by atoms with van der Waals surface area (Å²) < 4.78 is 16.7. The van der Waals surface area contributed by atoms with Crippen LogP contribution in [0.15, 0.2) is 46.9 Å². The molecule has 0 spiro atoms. The van der Waals surface area contributed by atoms with Gasteiger partial charge in [-0.3, -0.25) is 4.79 Å². The minimum absolute atomic E-state index is 0.00272. The number of amides is 1. The van der Waals surface area contributed by atoms with Crippen molar-refractivity contribution in [2.24, 2.45) is 0 Å². The van der Waals surface area contributed by atoms with Crippen molar-refractivity contribution in [1.29, 1.82) is 0 Å². The lowest BCUT2D eigenvalue weighted by atomic mass is 10.1. The minimum Gasteiger partial charge on any atom is -0.497 e. The smallest absolute Gasteiger partial charge is 0.247 e. The number of hydrogen-bond acceptors (Lipinski definition) is 5. The summed E-state index contributed by atoms with van der Waals surface area (Å²) in [5, 5.41) is 2.85. The van der Waals surface area contributed by atoms with Crippen LogP contribution in [0.3, 0.4) is 0 Å². The third-order valence-corrected chi connectivity index (χ3v) is 5.49. The average molecular weight is 400 g/mol. The molecule has 1 aliphatic rings. The first-order valence-corrected chi connectivity index (χ1v) is 10.2.